The molecule has 174 valence electrons. The zero-order valence-corrected chi connectivity index (χ0v) is 18.5. The second-order valence-electron chi connectivity index (χ2n) is 8.99. The number of nitrogens with one attached hydrogen (secondary N) is 2. The van der Waals surface area contributed by atoms with Crippen molar-refractivity contribution in [1.29, 1.82) is 0 Å². The highest BCUT2D eigenvalue weighted by atomic mass is 16.5. The van der Waals surface area contributed by atoms with Crippen LogP contribution in [0.1, 0.15) is 49.7 Å². The van der Waals surface area contributed by atoms with Crippen LogP contribution in [0.15, 0.2) is 48.5 Å². The van der Waals surface area contributed by atoms with Gasteiger partial charge < -0.3 is 25.6 Å². The summed E-state index contributed by atoms with van der Waals surface area (Å²) in [5.74, 6) is -2.10. The Balaban J connectivity index is 1.47. The Bertz CT molecular complexity index is 1030. The number of aliphatic hydroxyl groups excluding tert-OH is 1. The number of benzene rings is 2. The molecule has 0 aliphatic heterocycles. The first kappa shape index (κ1) is 22.8. The Morgan fingerprint density at radius 1 is 1.03 bits per heavy atom. The summed E-state index contributed by atoms with van der Waals surface area (Å²) in [6.07, 6.45) is 1.42. The van der Waals surface area contributed by atoms with Crippen molar-refractivity contribution < 1.29 is 29.3 Å². The fraction of sp³-hybridized carbons (Fsp3) is 0.400. The molecule has 0 radical (unpaired) electrons. The van der Waals surface area contributed by atoms with Crippen LogP contribution in [0, 0.1) is 0 Å². The average molecular weight is 453 g/mol. The number of carbonyl (C=O) groups is 3. The molecule has 4 rings (SSSR count). The van der Waals surface area contributed by atoms with Crippen molar-refractivity contribution in [2.24, 2.45) is 0 Å². The fourth-order valence-corrected chi connectivity index (χ4v) is 4.75. The van der Waals surface area contributed by atoms with Gasteiger partial charge in [0.15, 0.2) is 5.54 Å². The first-order chi connectivity index (χ1) is 15.8. The van der Waals surface area contributed by atoms with Crippen LogP contribution in [0.2, 0.25) is 0 Å². The van der Waals surface area contributed by atoms with Gasteiger partial charge in [-0.15, -0.1) is 0 Å². The number of fused-ring (bicyclic) bond motifs is 3. The van der Waals surface area contributed by atoms with E-state index in [0.717, 1.165) is 22.3 Å². The van der Waals surface area contributed by atoms with Gasteiger partial charge in [0.1, 0.15) is 12.1 Å². The normalized spacial score (nSPS) is 18.0. The maximum Gasteiger partial charge on any atom is 0.408 e. The molecular weight excluding hydrogens is 424 g/mol. The third-order valence-electron chi connectivity index (χ3n) is 6.75. The molecule has 33 heavy (non-hydrogen) atoms. The van der Waals surface area contributed by atoms with Gasteiger partial charge in [-0.2, -0.15) is 0 Å². The zero-order chi connectivity index (χ0) is 23.6. The van der Waals surface area contributed by atoms with E-state index in [0.29, 0.717) is 25.7 Å². The van der Waals surface area contributed by atoms with E-state index in [9.17, 15) is 24.6 Å². The summed E-state index contributed by atoms with van der Waals surface area (Å²) in [6.45, 7) is 0.569. The molecule has 0 spiro atoms. The molecule has 8 nitrogen and oxygen atoms in total. The molecule has 0 bridgehead atoms. The maximum absolute atomic E-state index is 13.0. The molecule has 2 aliphatic rings. The summed E-state index contributed by atoms with van der Waals surface area (Å²) >= 11 is 0. The van der Waals surface area contributed by atoms with E-state index in [4.69, 9.17) is 4.74 Å². The smallest absolute Gasteiger partial charge is 0.408 e. The van der Waals surface area contributed by atoms with Crippen LogP contribution < -0.4 is 10.6 Å². The highest BCUT2D eigenvalue weighted by Gasteiger charge is 2.47. The molecule has 1 unspecified atom stereocenters. The van der Waals surface area contributed by atoms with E-state index in [1.54, 1.807) is 0 Å². The van der Waals surface area contributed by atoms with Crippen molar-refractivity contribution in [2.45, 2.75) is 49.6 Å². The highest BCUT2D eigenvalue weighted by Crippen LogP contribution is 2.44. The van der Waals surface area contributed by atoms with E-state index in [-0.39, 0.29) is 12.5 Å². The van der Waals surface area contributed by atoms with E-state index in [1.165, 1.54) is 6.92 Å². The number of alkyl carbamates (subject to hydrolysis) is 1. The molecule has 0 aromatic heterocycles. The van der Waals surface area contributed by atoms with Gasteiger partial charge >= 0.3 is 12.1 Å². The number of aliphatic carboxylic acids is 1. The number of hydrogen-bond donors (Lipinski definition) is 4. The van der Waals surface area contributed by atoms with Gasteiger partial charge in [-0.05, 0) is 42.0 Å². The maximum atomic E-state index is 13.0. The first-order valence-corrected chi connectivity index (χ1v) is 11.1. The minimum absolute atomic E-state index is 0.110. The standard InChI is InChI=1S/C25H28N2O6/c1-24(15-28,22(30)31)26-21(29)25(12-6-7-13-25)27-23(32)33-14-20-18-10-4-2-8-16(18)17-9-3-5-11-19(17)20/h2-5,8-11,20,28H,6-7,12-15H2,1H3,(H,26,29)(H,27,32)(H,30,31). The minimum Gasteiger partial charge on any atom is -0.479 e. The van der Waals surface area contributed by atoms with E-state index < -0.39 is 35.7 Å². The van der Waals surface area contributed by atoms with Crippen molar-refractivity contribution in [1.82, 2.24) is 10.6 Å². The minimum atomic E-state index is -1.84. The van der Waals surface area contributed by atoms with Crippen LogP contribution in [0.4, 0.5) is 4.79 Å². The molecular formula is C25H28N2O6. The molecule has 1 fully saturated rings. The van der Waals surface area contributed by atoms with Crippen LogP contribution >= 0.6 is 0 Å². The van der Waals surface area contributed by atoms with Gasteiger partial charge in [0.2, 0.25) is 5.91 Å². The van der Waals surface area contributed by atoms with Gasteiger partial charge in [-0.1, -0.05) is 61.4 Å². The Hall–Kier alpha value is -3.39. The average Bonchev–Trinajstić information content (AvgIpc) is 3.41. The fourth-order valence-electron chi connectivity index (χ4n) is 4.75. The number of carboxylic acid groups (broad SMARTS) is 1. The number of carboxylic acids is 1. The quantitative estimate of drug-likeness (QED) is 0.512. The third kappa shape index (κ3) is 4.18. The number of amides is 2. The molecule has 0 saturated heterocycles. The zero-order valence-electron chi connectivity index (χ0n) is 18.5. The lowest BCUT2D eigenvalue weighted by atomic mass is 9.93. The molecule has 8 heteroatoms. The summed E-state index contributed by atoms with van der Waals surface area (Å²) in [7, 11) is 0. The van der Waals surface area contributed by atoms with Gasteiger partial charge in [-0.3, -0.25) is 4.79 Å². The molecule has 4 N–H and O–H groups in total. The Labute approximate surface area is 192 Å². The number of aliphatic hydroxyl groups is 1. The first-order valence-electron chi connectivity index (χ1n) is 11.1. The van der Waals surface area contributed by atoms with Crippen molar-refractivity contribution in [3.8, 4) is 11.1 Å². The van der Waals surface area contributed by atoms with Crippen molar-refractivity contribution >= 4 is 18.0 Å². The molecule has 2 aliphatic carbocycles. The number of hydrogen-bond acceptors (Lipinski definition) is 5. The monoisotopic (exact) mass is 452 g/mol. The second-order valence-corrected chi connectivity index (χ2v) is 8.99. The lowest BCUT2D eigenvalue weighted by Gasteiger charge is -2.33. The number of ether oxygens (including phenoxy) is 1. The molecule has 1 atom stereocenters. The van der Waals surface area contributed by atoms with Gasteiger partial charge in [0, 0.05) is 5.92 Å². The Morgan fingerprint density at radius 2 is 1.58 bits per heavy atom. The largest absolute Gasteiger partial charge is 0.479 e. The summed E-state index contributed by atoms with van der Waals surface area (Å²) in [6, 6.07) is 16.0. The summed E-state index contributed by atoms with van der Waals surface area (Å²) < 4.78 is 5.58. The van der Waals surface area contributed by atoms with Crippen LogP contribution in [0.25, 0.3) is 11.1 Å². The number of carbonyl (C=O) groups excluding carboxylic acids is 2. The van der Waals surface area contributed by atoms with Crippen LogP contribution in [-0.4, -0.2) is 52.5 Å². The number of rotatable bonds is 7. The molecule has 2 amide bonds. The highest BCUT2D eigenvalue weighted by molar-refractivity contribution is 5.94. The Kier molecular flexibility index (Phi) is 6.12. The van der Waals surface area contributed by atoms with E-state index in [1.807, 2.05) is 48.5 Å². The van der Waals surface area contributed by atoms with Crippen LogP contribution in [0.5, 0.6) is 0 Å². The second kappa shape index (κ2) is 8.86. The van der Waals surface area contributed by atoms with Gasteiger partial charge in [0.25, 0.3) is 0 Å². The SMILES string of the molecule is CC(CO)(NC(=O)C1(NC(=O)OCC2c3ccccc3-c3ccccc32)CCCC1)C(=O)O. The Morgan fingerprint density at radius 3 is 2.09 bits per heavy atom. The molecule has 2 aromatic rings. The lowest BCUT2D eigenvalue weighted by molar-refractivity contribution is -0.149. The predicted octanol–water partition coefficient (Wildman–Crippen LogP) is 2.79. The van der Waals surface area contributed by atoms with Crippen LogP contribution in [-0.2, 0) is 14.3 Å². The van der Waals surface area contributed by atoms with Crippen LogP contribution in [0.3, 0.4) is 0 Å². The van der Waals surface area contributed by atoms with E-state index >= 15 is 0 Å². The predicted molar refractivity (Wildman–Crippen MR) is 121 cm³/mol. The lowest BCUT2D eigenvalue weighted by Crippen LogP contribution is -2.64. The van der Waals surface area contributed by atoms with Crippen molar-refractivity contribution in [2.75, 3.05) is 13.2 Å². The summed E-state index contributed by atoms with van der Waals surface area (Å²) in [4.78, 5) is 37.3. The van der Waals surface area contributed by atoms with Gasteiger partial charge in [-0.25, -0.2) is 9.59 Å². The topological polar surface area (TPSA) is 125 Å². The van der Waals surface area contributed by atoms with Crippen molar-refractivity contribution in [3.05, 3.63) is 59.7 Å². The van der Waals surface area contributed by atoms with E-state index in [2.05, 4.69) is 10.6 Å². The molecule has 1 saturated carbocycles. The van der Waals surface area contributed by atoms with Gasteiger partial charge in [0.05, 0.1) is 6.61 Å². The van der Waals surface area contributed by atoms with Crippen molar-refractivity contribution in [3.63, 3.8) is 0 Å². The summed E-state index contributed by atoms with van der Waals surface area (Å²) in [5, 5.41) is 23.9. The molecule has 0 heterocycles. The summed E-state index contributed by atoms with van der Waals surface area (Å²) in [5.41, 5.74) is 1.29. The molecule has 2 aromatic carbocycles. The third-order valence-corrected chi connectivity index (χ3v) is 6.75.